The minimum atomic E-state index is -0.246. The molecule has 2 aromatic heterocycles. The fraction of sp³-hybridized carbons (Fsp3) is 0.143. The second-order valence-corrected chi connectivity index (χ2v) is 5.74. The van der Waals surface area contributed by atoms with Crippen LogP contribution in [-0.2, 0) is 4.79 Å². The van der Waals surface area contributed by atoms with Crippen LogP contribution in [0.3, 0.4) is 0 Å². The van der Waals surface area contributed by atoms with Crippen molar-refractivity contribution < 1.29 is 9.32 Å². The summed E-state index contributed by atoms with van der Waals surface area (Å²) in [6.07, 6.45) is 1.37. The number of benzene rings is 1. The lowest BCUT2D eigenvalue weighted by Crippen LogP contribution is -2.15. The van der Waals surface area contributed by atoms with E-state index in [0.717, 1.165) is 11.1 Å². The molecule has 0 unspecified atom stereocenters. The van der Waals surface area contributed by atoms with E-state index in [1.54, 1.807) is 6.07 Å². The molecule has 118 valence electrons. The maximum atomic E-state index is 11.9. The molecule has 3 rings (SSSR count). The Morgan fingerprint density at radius 3 is 2.87 bits per heavy atom. The number of carbonyl (C=O) groups is 1. The third-order valence-electron chi connectivity index (χ3n) is 2.99. The lowest BCUT2D eigenvalue weighted by atomic mass is 10.1. The third-order valence-corrected chi connectivity index (χ3v) is 3.95. The monoisotopic (exact) mass is 330 g/mol. The molecule has 3 N–H and O–H groups in total. The predicted molar refractivity (Wildman–Crippen MR) is 86.2 cm³/mol. The average Bonchev–Trinajstić information content (AvgIpc) is 3.15. The average molecular weight is 330 g/mol. The highest BCUT2D eigenvalue weighted by Gasteiger charge is 2.11. The Labute approximate surface area is 136 Å². The molecule has 0 aliphatic rings. The molecule has 0 aliphatic heterocycles. The number of nitrogens with zero attached hydrogens (tertiary/aromatic N) is 4. The standard InChI is InChI=1S/C14H14N6O2S/c1-9-2-4-10(5-3-9)11-6-13(22-19-11)17-12(21)7-23-14-18-16-8-20(14)15/h2-6,8H,7,15H2,1H3,(H,17,21). The van der Waals surface area contributed by atoms with Crippen LogP contribution in [0.5, 0.6) is 0 Å². The lowest BCUT2D eigenvalue weighted by molar-refractivity contribution is -0.113. The third kappa shape index (κ3) is 3.69. The molecule has 0 saturated carbocycles. The van der Waals surface area contributed by atoms with Crippen molar-refractivity contribution in [2.24, 2.45) is 0 Å². The van der Waals surface area contributed by atoms with E-state index in [4.69, 9.17) is 10.4 Å². The Hall–Kier alpha value is -2.81. The van der Waals surface area contributed by atoms with E-state index >= 15 is 0 Å². The molecule has 3 aromatic rings. The number of nitrogens with one attached hydrogen (secondary N) is 1. The first-order valence-corrected chi connectivity index (χ1v) is 7.72. The molecule has 0 fully saturated rings. The molecule has 23 heavy (non-hydrogen) atoms. The van der Waals surface area contributed by atoms with E-state index in [9.17, 15) is 4.79 Å². The highest BCUT2D eigenvalue weighted by molar-refractivity contribution is 7.99. The van der Waals surface area contributed by atoms with Crippen LogP contribution >= 0.6 is 11.8 Å². The maximum Gasteiger partial charge on any atom is 0.237 e. The van der Waals surface area contributed by atoms with Crippen LogP contribution in [0.1, 0.15) is 5.56 Å². The quantitative estimate of drug-likeness (QED) is 0.540. The van der Waals surface area contributed by atoms with Gasteiger partial charge < -0.3 is 10.4 Å². The van der Waals surface area contributed by atoms with E-state index < -0.39 is 0 Å². The molecule has 1 amide bonds. The minimum absolute atomic E-state index is 0.135. The SMILES string of the molecule is Cc1ccc(-c2cc(NC(=O)CSc3nncn3N)on2)cc1. The van der Waals surface area contributed by atoms with Crippen molar-refractivity contribution in [2.75, 3.05) is 16.9 Å². The van der Waals surface area contributed by atoms with Crippen molar-refractivity contribution in [3.63, 3.8) is 0 Å². The summed E-state index contributed by atoms with van der Waals surface area (Å²) in [5.74, 6) is 5.75. The van der Waals surface area contributed by atoms with E-state index in [-0.39, 0.29) is 11.7 Å². The van der Waals surface area contributed by atoms with E-state index in [0.29, 0.717) is 16.7 Å². The van der Waals surface area contributed by atoms with E-state index in [1.165, 1.54) is 22.8 Å². The van der Waals surface area contributed by atoms with Crippen LogP contribution < -0.4 is 11.2 Å². The van der Waals surface area contributed by atoms with E-state index in [1.807, 2.05) is 31.2 Å². The zero-order valence-corrected chi connectivity index (χ0v) is 13.1. The minimum Gasteiger partial charge on any atom is -0.338 e. The predicted octanol–water partition coefficient (Wildman–Crippen LogP) is 1.69. The van der Waals surface area contributed by atoms with Crippen LogP contribution in [0.2, 0.25) is 0 Å². The Bertz CT molecular complexity index is 811. The number of thioether (sulfide) groups is 1. The number of hydrogen-bond donors (Lipinski definition) is 2. The number of anilines is 1. The van der Waals surface area contributed by atoms with Gasteiger partial charge in [0, 0.05) is 11.6 Å². The second-order valence-electron chi connectivity index (χ2n) is 4.80. The zero-order valence-electron chi connectivity index (χ0n) is 12.3. The summed E-state index contributed by atoms with van der Waals surface area (Å²) < 4.78 is 6.38. The highest BCUT2D eigenvalue weighted by Crippen LogP contribution is 2.22. The number of nitrogen functional groups attached to an aromatic ring is 1. The Balaban J connectivity index is 1.59. The number of carbonyl (C=O) groups excluding carboxylic acids is 1. The first-order chi connectivity index (χ1) is 11.1. The normalized spacial score (nSPS) is 10.7. The van der Waals surface area contributed by atoms with Gasteiger partial charge in [-0.15, -0.1) is 10.2 Å². The largest absolute Gasteiger partial charge is 0.338 e. The van der Waals surface area contributed by atoms with Crippen molar-refractivity contribution in [1.82, 2.24) is 20.0 Å². The molecule has 0 atom stereocenters. The van der Waals surface area contributed by atoms with Gasteiger partial charge in [-0.25, -0.2) is 4.68 Å². The second kappa shape index (κ2) is 6.53. The molecule has 2 heterocycles. The molecule has 8 nitrogen and oxygen atoms in total. The Morgan fingerprint density at radius 2 is 2.17 bits per heavy atom. The van der Waals surface area contributed by atoms with Gasteiger partial charge >= 0.3 is 0 Å². The fourth-order valence-electron chi connectivity index (χ4n) is 1.83. The Kier molecular flexibility index (Phi) is 4.29. The van der Waals surface area contributed by atoms with Gasteiger partial charge in [-0.2, -0.15) is 0 Å². The number of aromatic nitrogens is 4. The van der Waals surface area contributed by atoms with Crippen LogP contribution in [-0.4, -0.2) is 31.7 Å². The van der Waals surface area contributed by atoms with Gasteiger partial charge in [0.15, 0.2) is 0 Å². The number of hydrogen-bond acceptors (Lipinski definition) is 7. The van der Waals surface area contributed by atoms with Gasteiger partial charge in [0.1, 0.15) is 12.0 Å². The number of nitrogens with two attached hydrogens (primary N) is 1. The molecule has 9 heteroatoms. The van der Waals surface area contributed by atoms with Crippen LogP contribution in [0.15, 0.2) is 46.3 Å². The summed E-state index contributed by atoms with van der Waals surface area (Å²) in [7, 11) is 0. The molecule has 0 aliphatic carbocycles. The van der Waals surface area contributed by atoms with E-state index in [2.05, 4.69) is 20.7 Å². The molecular formula is C14H14N6O2S. The number of amides is 1. The number of rotatable bonds is 5. The molecule has 0 bridgehead atoms. The van der Waals surface area contributed by atoms with Crippen LogP contribution in [0.4, 0.5) is 5.88 Å². The topological polar surface area (TPSA) is 112 Å². The first kappa shape index (κ1) is 15.1. The summed E-state index contributed by atoms with van der Waals surface area (Å²) in [4.78, 5) is 11.9. The van der Waals surface area contributed by atoms with Crippen LogP contribution in [0.25, 0.3) is 11.3 Å². The van der Waals surface area contributed by atoms with Crippen molar-refractivity contribution in [3.8, 4) is 11.3 Å². The number of aryl methyl sites for hydroxylation is 1. The smallest absolute Gasteiger partial charge is 0.237 e. The van der Waals surface area contributed by atoms with Crippen molar-refractivity contribution in [3.05, 3.63) is 42.2 Å². The summed E-state index contributed by atoms with van der Waals surface area (Å²) in [5, 5.41) is 14.5. The Morgan fingerprint density at radius 1 is 1.39 bits per heavy atom. The van der Waals surface area contributed by atoms with Crippen molar-refractivity contribution in [2.45, 2.75) is 12.1 Å². The van der Waals surface area contributed by atoms with Gasteiger partial charge in [-0.1, -0.05) is 46.7 Å². The molecule has 1 aromatic carbocycles. The fourth-order valence-corrected chi connectivity index (χ4v) is 2.47. The molecule has 0 radical (unpaired) electrons. The van der Waals surface area contributed by atoms with Crippen molar-refractivity contribution >= 4 is 23.6 Å². The maximum absolute atomic E-state index is 11.9. The first-order valence-electron chi connectivity index (χ1n) is 6.73. The van der Waals surface area contributed by atoms with Gasteiger partial charge in [-0.05, 0) is 6.92 Å². The lowest BCUT2D eigenvalue weighted by Gasteiger charge is -2.00. The van der Waals surface area contributed by atoms with Crippen molar-refractivity contribution in [1.29, 1.82) is 0 Å². The summed E-state index contributed by atoms with van der Waals surface area (Å²) in [6.45, 7) is 2.01. The van der Waals surface area contributed by atoms with Crippen LogP contribution in [0, 0.1) is 6.92 Å². The van der Waals surface area contributed by atoms with Gasteiger partial charge in [0.05, 0.1) is 5.75 Å². The molecule has 0 spiro atoms. The summed E-state index contributed by atoms with van der Waals surface area (Å²) >= 11 is 1.18. The highest BCUT2D eigenvalue weighted by atomic mass is 32.2. The summed E-state index contributed by atoms with van der Waals surface area (Å²) in [5.41, 5.74) is 2.75. The zero-order chi connectivity index (χ0) is 16.2. The van der Waals surface area contributed by atoms with Gasteiger partial charge in [0.2, 0.25) is 16.9 Å². The van der Waals surface area contributed by atoms with Gasteiger partial charge in [-0.3, -0.25) is 10.1 Å². The summed E-state index contributed by atoms with van der Waals surface area (Å²) in [6, 6.07) is 9.55. The molecular weight excluding hydrogens is 316 g/mol. The van der Waals surface area contributed by atoms with Gasteiger partial charge in [0.25, 0.3) is 0 Å². The molecule has 0 saturated heterocycles.